The summed E-state index contributed by atoms with van der Waals surface area (Å²) in [6.07, 6.45) is 8.30. The largest absolute Gasteiger partial charge is 0.379 e. The van der Waals surface area contributed by atoms with Gasteiger partial charge >= 0.3 is 0 Å². The smallest absolute Gasteiger partial charge is 0.246 e. The molecule has 228 valence electrons. The van der Waals surface area contributed by atoms with E-state index in [0.717, 1.165) is 58.5 Å². The van der Waals surface area contributed by atoms with Crippen LogP contribution in [0, 0.1) is 17.8 Å². The van der Waals surface area contributed by atoms with Crippen molar-refractivity contribution in [3.05, 3.63) is 42.0 Å². The lowest BCUT2D eigenvalue weighted by molar-refractivity contribution is -0.141. The molecule has 42 heavy (non-hydrogen) atoms. The quantitative estimate of drug-likeness (QED) is 0.436. The predicted octanol–water partition coefficient (Wildman–Crippen LogP) is 3.32. The third kappa shape index (κ3) is 5.40. The zero-order chi connectivity index (χ0) is 29.4. The molecule has 0 aromatic heterocycles. The predicted molar refractivity (Wildman–Crippen MR) is 160 cm³/mol. The minimum absolute atomic E-state index is 0.0856. The highest BCUT2D eigenvalue weighted by Gasteiger charge is 2.72. The Hall–Kier alpha value is -2.75. The summed E-state index contributed by atoms with van der Waals surface area (Å²) in [6.45, 7) is 10.9. The van der Waals surface area contributed by atoms with Crippen molar-refractivity contribution in [2.45, 2.75) is 82.6 Å². The molecule has 1 aliphatic carbocycles. The lowest BCUT2D eigenvalue weighted by Gasteiger charge is -2.36. The Morgan fingerprint density at radius 3 is 2.50 bits per heavy atom. The zero-order valence-electron chi connectivity index (χ0n) is 25.2. The highest BCUT2D eigenvalue weighted by Crippen LogP contribution is 2.55. The van der Waals surface area contributed by atoms with Crippen LogP contribution in [0.4, 0.5) is 5.69 Å². The molecule has 0 radical (unpaired) electrons. The van der Waals surface area contributed by atoms with Crippen LogP contribution in [-0.2, 0) is 23.9 Å². The van der Waals surface area contributed by atoms with Crippen molar-refractivity contribution in [2.75, 3.05) is 44.7 Å². The van der Waals surface area contributed by atoms with Gasteiger partial charge in [0.15, 0.2) is 0 Å². The zero-order valence-corrected chi connectivity index (χ0v) is 25.2. The van der Waals surface area contributed by atoms with Gasteiger partial charge in [0.25, 0.3) is 0 Å². The molecule has 1 saturated carbocycles. The fourth-order valence-electron chi connectivity index (χ4n) is 7.77. The molecule has 1 aromatic carbocycles. The highest BCUT2D eigenvalue weighted by atomic mass is 16.5. The van der Waals surface area contributed by atoms with Crippen LogP contribution in [0.3, 0.4) is 0 Å². The summed E-state index contributed by atoms with van der Waals surface area (Å²) in [5.41, 5.74) is 0.753. The molecule has 3 amide bonds. The summed E-state index contributed by atoms with van der Waals surface area (Å²) >= 11 is 0. The van der Waals surface area contributed by atoms with E-state index in [0.29, 0.717) is 24.1 Å². The fourth-order valence-corrected chi connectivity index (χ4v) is 7.77. The number of fused-ring (bicyclic) bond motifs is 1. The summed E-state index contributed by atoms with van der Waals surface area (Å²) < 4.78 is 12.0. The van der Waals surface area contributed by atoms with Crippen molar-refractivity contribution in [1.82, 2.24) is 15.1 Å². The lowest BCUT2D eigenvalue weighted by atomic mass is 9.74. The van der Waals surface area contributed by atoms with E-state index < -0.39 is 29.6 Å². The molecule has 4 heterocycles. The van der Waals surface area contributed by atoms with Gasteiger partial charge < -0.3 is 25.0 Å². The van der Waals surface area contributed by atoms with Crippen molar-refractivity contribution < 1.29 is 23.9 Å². The van der Waals surface area contributed by atoms with Crippen molar-refractivity contribution in [2.24, 2.45) is 17.8 Å². The number of anilines is 1. The van der Waals surface area contributed by atoms with Gasteiger partial charge in [-0.05, 0) is 48.8 Å². The molecule has 4 fully saturated rings. The number of benzene rings is 1. The molecule has 2 N–H and O–H groups in total. The summed E-state index contributed by atoms with van der Waals surface area (Å²) in [5.74, 6) is -1.20. The van der Waals surface area contributed by atoms with Crippen LogP contribution < -0.4 is 10.6 Å². The van der Waals surface area contributed by atoms with Crippen molar-refractivity contribution in [3.8, 4) is 0 Å². The maximum Gasteiger partial charge on any atom is 0.246 e. The van der Waals surface area contributed by atoms with Crippen LogP contribution in [0.5, 0.6) is 0 Å². The minimum Gasteiger partial charge on any atom is -0.379 e. The summed E-state index contributed by atoms with van der Waals surface area (Å²) in [4.78, 5) is 46.2. The van der Waals surface area contributed by atoms with Crippen LogP contribution in [0.1, 0.15) is 64.4 Å². The Labute approximate surface area is 249 Å². The standard InChI is InChI=1S/C33H46N4O5/c1-21(2)23-9-11-24(12-10-23)34-30(38)27-26-13-14-33(42-26)28(27)32(40)37(16-6-15-36-17-19-41-20-18-36)29(33)31(39)35-25-8-5-4-7-22(25)3/h9-14,21-22,25-29H,4-8,15-20H2,1-3H3,(H,34,38)(H,35,39)/t22?,25?,26-,27?,28-,29?,33?/m0/s1. The average molecular weight is 579 g/mol. The molecule has 9 heteroatoms. The number of ether oxygens (including phenoxy) is 2. The van der Waals surface area contributed by atoms with Crippen molar-refractivity contribution in [3.63, 3.8) is 0 Å². The average Bonchev–Trinajstić information content (AvgIpc) is 3.62. The Morgan fingerprint density at radius 2 is 1.79 bits per heavy atom. The molecule has 6 rings (SSSR count). The SMILES string of the molecule is CC(C)c1ccc(NC(=O)C2[C@@H]3C=CC4(O3)C(C(=O)NC3CCCCC3C)N(CCCN3CCOCC3)C(=O)[C@H]24)cc1. The molecule has 1 spiro atoms. The molecule has 1 aromatic rings. The Balaban J connectivity index is 1.23. The minimum atomic E-state index is -1.13. The number of nitrogens with one attached hydrogen (secondary N) is 2. The second-order valence-corrected chi connectivity index (χ2v) is 13.2. The van der Waals surface area contributed by atoms with Crippen molar-refractivity contribution in [1.29, 1.82) is 0 Å². The molecule has 7 atom stereocenters. The first-order valence-corrected chi connectivity index (χ1v) is 16.0. The number of likely N-dealkylation sites (tertiary alicyclic amines) is 1. The van der Waals surface area contributed by atoms with E-state index in [1.54, 1.807) is 4.90 Å². The second-order valence-electron chi connectivity index (χ2n) is 13.2. The first kappa shape index (κ1) is 29.3. The molecule has 9 nitrogen and oxygen atoms in total. The summed E-state index contributed by atoms with van der Waals surface area (Å²) in [7, 11) is 0. The van der Waals surface area contributed by atoms with Gasteiger partial charge in [-0.2, -0.15) is 0 Å². The van der Waals surface area contributed by atoms with E-state index in [-0.39, 0.29) is 23.8 Å². The number of nitrogens with zero attached hydrogens (tertiary/aromatic N) is 2. The van der Waals surface area contributed by atoms with Crippen LogP contribution >= 0.6 is 0 Å². The maximum absolute atomic E-state index is 14.2. The maximum atomic E-state index is 14.2. The lowest BCUT2D eigenvalue weighted by Crippen LogP contribution is -2.57. The van der Waals surface area contributed by atoms with E-state index in [2.05, 4.69) is 36.3 Å². The number of amides is 3. The molecular formula is C33H46N4O5. The first-order chi connectivity index (χ1) is 20.3. The summed E-state index contributed by atoms with van der Waals surface area (Å²) in [6, 6.07) is 7.14. The van der Waals surface area contributed by atoms with E-state index in [4.69, 9.17) is 9.47 Å². The number of carbonyl (C=O) groups is 3. The van der Waals surface area contributed by atoms with Crippen LogP contribution in [-0.4, -0.2) is 90.7 Å². The van der Waals surface area contributed by atoms with Gasteiger partial charge in [-0.1, -0.05) is 57.9 Å². The van der Waals surface area contributed by atoms with Crippen LogP contribution in [0.2, 0.25) is 0 Å². The molecule has 5 unspecified atom stereocenters. The van der Waals surface area contributed by atoms with Gasteiger partial charge in [-0.3, -0.25) is 19.3 Å². The molecule has 5 aliphatic rings. The van der Waals surface area contributed by atoms with E-state index in [1.807, 2.05) is 36.4 Å². The third-order valence-electron chi connectivity index (χ3n) is 10.2. The van der Waals surface area contributed by atoms with Crippen LogP contribution in [0.25, 0.3) is 0 Å². The molecular weight excluding hydrogens is 532 g/mol. The molecule has 4 aliphatic heterocycles. The normalized spacial score (nSPS) is 34.2. The number of carbonyl (C=O) groups excluding carboxylic acids is 3. The topological polar surface area (TPSA) is 100 Å². The second kappa shape index (κ2) is 12.1. The molecule has 3 saturated heterocycles. The van der Waals surface area contributed by atoms with Crippen LogP contribution in [0.15, 0.2) is 36.4 Å². The Kier molecular flexibility index (Phi) is 8.44. The highest BCUT2D eigenvalue weighted by molar-refractivity contribution is 6.02. The molecule has 2 bridgehead atoms. The summed E-state index contributed by atoms with van der Waals surface area (Å²) in [5, 5.41) is 6.35. The van der Waals surface area contributed by atoms with Gasteiger partial charge in [0.1, 0.15) is 11.6 Å². The number of morpholine rings is 1. The van der Waals surface area contributed by atoms with Crippen molar-refractivity contribution >= 4 is 23.4 Å². The number of hydrogen-bond donors (Lipinski definition) is 2. The Bertz CT molecular complexity index is 1200. The van der Waals surface area contributed by atoms with Gasteiger partial charge in [-0.25, -0.2) is 0 Å². The monoisotopic (exact) mass is 578 g/mol. The van der Waals surface area contributed by atoms with E-state index >= 15 is 0 Å². The Morgan fingerprint density at radius 1 is 1.05 bits per heavy atom. The number of rotatable bonds is 9. The first-order valence-electron chi connectivity index (χ1n) is 16.0. The van der Waals surface area contributed by atoms with E-state index in [1.165, 1.54) is 12.0 Å². The fraction of sp³-hybridized carbons (Fsp3) is 0.667. The van der Waals surface area contributed by atoms with Gasteiger partial charge in [0, 0.05) is 37.9 Å². The van der Waals surface area contributed by atoms with Gasteiger partial charge in [0.05, 0.1) is 31.2 Å². The van der Waals surface area contributed by atoms with E-state index in [9.17, 15) is 14.4 Å². The number of hydrogen-bond acceptors (Lipinski definition) is 6. The third-order valence-corrected chi connectivity index (χ3v) is 10.2. The van der Waals surface area contributed by atoms with Gasteiger partial charge in [0.2, 0.25) is 17.7 Å². The van der Waals surface area contributed by atoms with Gasteiger partial charge in [-0.15, -0.1) is 0 Å².